The molecule has 6 rings (SSSR count). The average Bonchev–Trinajstić information content (AvgIpc) is 3.30. The number of hydrogen-bond acceptors (Lipinski definition) is 4. The number of allylic oxidation sites excluding steroid dienone is 4. The maximum absolute atomic E-state index is 15.2. The molecule has 0 bridgehead atoms. The van der Waals surface area contributed by atoms with Gasteiger partial charge in [0.15, 0.2) is 5.78 Å². The van der Waals surface area contributed by atoms with Crippen LogP contribution in [0, 0.1) is 17.3 Å². The van der Waals surface area contributed by atoms with Crippen LogP contribution in [0.15, 0.2) is 71.6 Å². The van der Waals surface area contributed by atoms with E-state index in [0.717, 1.165) is 22.3 Å². The molecule has 1 aromatic carbocycles. The first-order valence-electron chi connectivity index (χ1n) is 15.6. The Kier molecular flexibility index (Phi) is 7.82. The number of aliphatic hydroxyl groups is 1. The molecular weight excluding hydrogens is 591 g/mol. The van der Waals surface area contributed by atoms with Gasteiger partial charge in [-0.3, -0.25) is 14.6 Å². The van der Waals surface area contributed by atoms with Crippen molar-refractivity contribution in [2.75, 3.05) is 13.6 Å². The second-order valence-electron chi connectivity index (χ2n) is 13.4. The van der Waals surface area contributed by atoms with Crippen LogP contribution in [-0.2, 0) is 11.2 Å². The lowest BCUT2D eigenvalue weighted by atomic mass is 9.50. The van der Waals surface area contributed by atoms with E-state index in [0.29, 0.717) is 49.8 Å². The number of hydrogen-bond donors (Lipinski definition) is 1. The molecule has 1 amide bonds. The third kappa shape index (κ3) is 5.04. The van der Waals surface area contributed by atoms with Gasteiger partial charge >= 0.3 is 12.1 Å². The molecule has 45 heavy (non-hydrogen) atoms. The zero-order valence-electron chi connectivity index (χ0n) is 25.3. The topological polar surface area (TPSA) is 70.5 Å². The molecule has 4 aliphatic carbocycles. The number of halogens is 5. The summed E-state index contributed by atoms with van der Waals surface area (Å²) in [5, 5.41) is 11.4. The average molecular weight is 629 g/mol. The first kappa shape index (κ1) is 31.6. The number of fused-ring (bicyclic) bond motifs is 4. The predicted octanol–water partition coefficient (Wildman–Crippen LogP) is 7.22. The largest absolute Gasteiger partial charge is 0.456 e. The predicted molar refractivity (Wildman–Crippen MR) is 158 cm³/mol. The molecular formula is C35H37F5N2O3. The van der Waals surface area contributed by atoms with Crippen molar-refractivity contribution >= 4 is 11.7 Å². The summed E-state index contributed by atoms with van der Waals surface area (Å²) < 4.78 is 71.8. The number of benzene rings is 1. The highest BCUT2D eigenvalue weighted by atomic mass is 19.4. The van der Waals surface area contributed by atoms with Gasteiger partial charge in [0.05, 0.1) is 0 Å². The van der Waals surface area contributed by atoms with Crippen LogP contribution < -0.4 is 0 Å². The van der Waals surface area contributed by atoms with Gasteiger partial charge in [-0.15, -0.1) is 0 Å². The van der Waals surface area contributed by atoms with E-state index in [9.17, 15) is 27.9 Å². The van der Waals surface area contributed by atoms with E-state index in [1.54, 1.807) is 54.7 Å². The molecule has 2 saturated carbocycles. The molecule has 0 saturated heterocycles. The van der Waals surface area contributed by atoms with E-state index in [1.165, 1.54) is 6.92 Å². The zero-order chi connectivity index (χ0) is 32.4. The highest BCUT2D eigenvalue weighted by Gasteiger charge is 2.79. The number of aromatic nitrogens is 1. The van der Waals surface area contributed by atoms with E-state index in [-0.39, 0.29) is 30.4 Å². The van der Waals surface area contributed by atoms with Gasteiger partial charge in [-0.05, 0) is 103 Å². The minimum absolute atomic E-state index is 0.0283. The van der Waals surface area contributed by atoms with Crippen LogP contribution in [0.2, 0.25) is 0 Å². The monoisotopic (exact) mass is 628 g/mol. The van der Waals surface area contributed by atoms with Crippen molar-refractivity contribution in [1.82, 2.24) is 9.88 Å². The van der Waals surface area contributed by atoms with Crippen molar-refractivity contribution in [2.45, 2.75) is 81.9 Å². The van der Waals surface area contributed by atoms with Crippen molar-refractivity contribution in [3.8, 4) is 0 Å². The molecule has 10 heteroatoms. The minimum atomic E-state index is -5.90. The van der Waals surface area contributed by atoms with E-state index in [1.807, 2.05) is 12.1 Å². The quantitative estimate of drug-likeness (QED) is 0.343. The Morgan fingerprint density at radius 1 is 1.07 bits per heavy atom. The van der Waals surface area contributed by atoms with E-state index in [4.69, 9.17) is 0 Å². The summed E-state index contributed by atoms with van der Waals surface area (Å²) >= 11 is 0. The van der Waals surface area contributed by atoms with Crippen LogP contribution in [0.1, 0.15) is 79.3 Å². The number of nitrogens with zero attached hydrogens (tertiary/aromatic N) is 2. The Morgan fingerprint density at radius 2 is 1.80 bits per heavy atom. The molecule has 0 spiro atoms. The van der Waals surface area contributed by atoms with Crippen LogP contribution in [0.4, 0.5) is 22.0 Å². The number of rotatable bonds is 6. The van der Waals surface area contributed by atoms with Crippen LogP contribution in [0.3, 0.4) is 0 Å². The second kappa shape index (κ2) is 11.1. The highest BCUT2D eigenvalue weighted by molar-refractivity contribution is 5.94. The van der Waals surface area contributed by atoms with Gasteiger partial charge in [-0.25, -0.2) is 0 Å². The lowest BCUT2D eigenvalue weighted by Crippen LogP contribution is -2.65. The van der Waals surface area contributed by atoms with Crippen molar-refractivity contribution in [3.05, 3.63) is 88.3 Å². The van der Waals surface area contributed by atoms with E-state index >= 15 is 8.78 Å². The summed E-state index contributed by atoms with van der Waals surface area (Å²) in [4.78, 5) is 31.2. The lowest BCUT2D eigenvalue weighted by Gasteiger charge is -2.56. The summed E-state index contributed by atoms with van der Waals surface area (Å²) in [6.07, 6.45) is 0.986. The molecule has 2 aromatic rings. The number of alkyl halides is 5. The fourth-order valence-corrected chi connectivity index (χ4v) is 8.74. The second-order valence-corrected chi connectivity index (χ2v) is 13.4. The molecule has 2 fully saturated rings. The molecule has 1 heterocycles. The molecule has 240 valence electrons. The lowest BCUT2D eigenvalue weighted by molar-refractivity contribution is -0.362. The fraction of sp³-hybridized carbons (Fsp3) is 0.514. The number of carbonyl (C=O) groups is 2. The van der Waals surface area contributed by atoms with Crippen molar-refractivity contribution in [3.63, 3.8) is 0 Å². The SMILES string of the molecule is CN(CCc1cccnc1)C(=O)c1ccc([C@H]2CC3(C)[C@@H](CC[C@@]3(O)C(F)(F)C(F)(F)F)C3CCC4=CC(=O)CCC4=C32)cc1. The third-order valence-electron chi connectivity index (χ3n) is 11.1. The molecule has 1 N–H and O–H groups in total. The van der Waals surface area contributed by atoms with Gasteiger partial charge in [0.1, 0.15) is 5.60 Å². The molecule has 5 nitrogen and oxygen atoms in total. The number of amides is 1. The molecule has 0 aliphatic heterocycles. The van der Waals surface area contributed by atoms with E-state index in [2.05, 4.69) is 4.98 Å². The number of likely N-dealkylation sites (N-methyl/N-ethyl adjacent to an activating group) is 1. The zero-order valence-corrected chi connectivity index (χ0v) is 25.3. The highest BCUT2D eigenvalue weighted by Crippen LogP contribution is 2.70. The molecule has 0 radical (unpaired) electrons. The minimum Gasteiger partial charge on any atom is -0.383 e. The molecule has 1 aromatic heterocycles. The third-order valence-corrected chi connectivity index (χ3v) is 11.1. The van der Waals surface area contributed by atoms with Gasteiger partial charge in [-0.1, -0.05) is 30.7 Å². The summed E-state index contributed by atoms with van der Waals surface area (Å²) in [6.45, 7) is 1.87. The van der Waals surface area contributed by atoms with Gasteiger partial charge in [0.25, 0.3) is 5.91 Å². The van der Waals surface area contributed by atoms with Crippen molar-refractivity contribution < 1.29 is 36.6 Å². The maximum Gasteiger partial charge on any atom is 0.456 e. The normalized spacial score (nSPS) is 29.9. The molecule has 5 atom stereocenters. The number of pyridine rings is 1. The van der Waals surface area contributed by atoms with Crippen LogP contribution >= 0.6 is 0 Å². The summed E-state index contributed by atoms with van der Waals surface area (Å²) in [5.74, 6) is -6.88. The molecule has 2 unspecified atom stereocenters. The van der Waals surface area contributed by atoms with Gasteiger partial charge in [-0.2, -0.15) is 22.0 Å². The Hall–Kier alpha value is -3.40. The van der Waals surface area contributed by atoms with Gasteiger partial charge in [0, 0.05) is 49.3 Å². The first-order valence-corrected chi connectivity index (χ1v) is 15.6. The van der Waals surface area contributed by atoms with Crippen molar-refractivity contribution in [2.24, 2.45) is 17.3 Å². The van der Waals surface area contributed by atoms with Crippen LogP contribution in [-0.4, -0.2) is 58.0 Å². The molecule has 4 aliphatic rings. The Morgan fingerprint density at radius 3 is 2.47 bits per heavy atom. The summed E-state index contributed by atoms with van der Waals surface area (Å²) in [5.41, 5.74) is 0.0486. The smallest absolute Gasteiger partial charge is 0.383 e. The number of ketones is 1. The standard InChI is InChI=1S/C35H37F5N2O3/c1-32-19-28(22-5-7-23(8-6-22)31(44)42(2)17-14-21-4-3-16-41-20-21)30-26-12-10-25(43)18-24(26)9-11-27(30)29(32)13-15-33(32,45)34(36,37)35(38,39)40/h3-8,16,18,20,27-29,45H,9-15,17,19H2,1-2H3/t27?,28-,29+,32?,33+/m1/s1. The summed E-state index contributed by atoms with van der Waals surface area (Å²) in [6, 6.07) is 10.6. The summed E-state index contributed by atoms with van der Waals surface area (Å²) in [7, 11) is 1.70. The first-order chi connectivity index (χ1) is 21.2. The van der Waals surface area contributed by atoms with Crippen molar-refractivity contribution in [1.29, 1.82) is 0 Å². The fourth-order valence-electron chi connectivity index (χ4n) is 8.74. The number of carbonyl (C=O) groups excluding carboxylic acids is 2. The van der Waals surface area contributed by atoms with Crippen LogP contribution in [0.5, 0.6) is 0 Å². The Balaban J connectivity index is 1.36. The van der Waals surface area contributed by atoms with Crippen LogP contribution in [0.25, 0.3) is 0 Å². The van der Waals surface area contributed by atoms with E-state index < -0.39 is 41.4 Å². The van der Waals surface area contributed by atoms with Gasteiger partial charge in [0.2, 0.25) is 0 Å². The van der Waals surface area contributed by atoms with Gasteiger partial charge < -0.3 is 10.0 Å². The maximum atomic E-state index is 15.2. The Labute approximate surface area is 259 Å². The Bertz CT molecular complexity index is 1550.